The van der Waals surface area contributed by atoms with Crippen molar-refractivity contribution in [2.75, 3.05) is 0 Å². The van der Waals surface area contributed by atoms with Gasteiger partial charge in [-0.25, -0.2) is 22.5 Å². The van der Waals surface area contributed by atoms with Crippen molar-refractivity contribution in [1.82, 2.24) is 45.3 Å². The first kappa shape index (κ1) is 33.2. The van der Waals surface area contributed by atoms with E-state index in [2.05, 4.69) is 36.0 Å². The van der Waals surface area contributed by atoms with Crippen LogP contribution < -0.4 is 21.1 Å². The molecule has 6 N–H and O–H groups in total. The highest BCUT2D eigenvalue weighted by atomic mass is 32.2. The van der Waals surface area contributed by atoms with Crippen molar-refractivity contribution in [1.29, 1.82) is 5.41 Å². The number of benzene rings is 3. The summed E-state index contributed by atoms with van der Waals surface area (Å²) in [6, 6.07) is 20.9. The zero-order chi connectivity index (χ0) is 34.4. The summed E-state index contributed by atoms with van der Waals surface area (Å²) in [5.74, 6) is -1.66. The van der Waals surface area contributed by atoms with Gasteiger partial charge in [0.2, 0.25) is 21.8 Å². The molecular weight excluding hydrogens is 647 g/mol. The van der Waals surface area contributed by atoms with Crippen molar-refractivity contribution in [3.63, 3.8) is 0 Å². The molecule has 5 aromatic rings. The van der Waals surface area contributed by atoms with E-state index in [1.165, 1.54) is 0 Å². The minimum Gasteiger partial charge on any atom is -0.384 e. The Hall–Kier alpha value is -5.74. The van der Waals surface area contributed by atoms with Gasteiger partial charge in [-0.05, 0) is 22.3 Å². The standard InChI is InChI=1S/C33H35N11O4S/c34-31(35)26-11-9-22(10-12-26)16-36-32(45)29-14-27-19-43(41-38-27)17-24-7-4-8-25(13-24)18-44-20-28(39-42-44)15-30(33(46)37-29)40-49(47,48)21-23-5-2-1-3-6-23/h1-13,19-20,29-30,40H,14-18,21H2,(H3,34,35)(H,36,45)(H,37,46). The molecule has 2 atom stereocenters. The summed E-state index contributed by atoms with van der Waals surface area (Å²) in [5, 5.41) is 30.1. The topological polar surface area (TPSA) is 216 Å². The van der Waals surface area contributed by atoms with Crippen LogP contribution in [-0.2, 0) is 57.8 Å². The van der Waals surface area contributed by atoms with Crippen LogP contribution in [0.15, 0.2) is 91.3 Å². The molecule has 0 fully saturated rings. The molecule has 6 rings (SSSR count). The Bertz CT molecular complexity index is 2060. The normalized spacial score (nSPS) is 16.7. The van der Waals surface area contributed by atoms with Crippen molar-refractivity contribution in [2.24, 2.45) is 5.73 Å². The van der Waals surface area contributed by atoms with Gasteiger partial charge in [-0.15, -0.1) is 10.2 Å². The number of aromatic nitrogens is 6. The molecule has 1 aliphatic heterocycles. The molecule has 3 heterocycles. The summed E-state index contributed by atoms with van der Waals surface area (Å²) in [6.07, 6.45) is 3.25. The van der Waals surface area contributed by atoms with Crippen LogP contribution in [0.2, 0.25) is 0 Å². The Morgan fingerprint density at radius 1 is 0.878 bits per heavy atom. The van der Waals surface area contributed by atoms with Crippen molar-refractivity contribution < 1.29 is 18.0 Å². The molecule has 15 nitrogen and oxygen atoms in total. The summed E-state index contributed by atoms with van der Waals surface area (Å²) < 4.78 is 32.5. The summed E-state index contributed by atoms with van der Waals surface area (Å²) in [5.41, 5.74) is 10.2. The third-order valence-electron chi connectivity index (χ3n) is 7.88. The second kappa shape index (κ2) is 14.6. The van der Waals surface area contributed by atoms with Gasteiger partial charge in [0.05, 0.1) is 30.2 Å². The van der Waals surface area contributed by atoms with Gasteiger partial charge in [0, 0.05) is 37.3 Å². The van der Waals surface area contributed by atoms with Crippen molar-refractivity contribution in [2.45, 2.75) is 50.3 Å². The molecule has 0 aliphatic carbocycles. The quantitative estimate of drug-likeness (QED) is 0.115. The Balaban J connectivity index is 1.29. The van der Waals surface area contributed by atoms with Crippen molar-refractivity contribution in [3.8, 4) is 0 Å². The summed E-state index contributed by atoms with van der Waals surface area (Å²) in [4.78, 5) is 27.6. The molecule has 2 amide bonds. The van der Waals surface area contributed by atoms with Crippen LogP contribution in [0.5, 0.6) is 0 Å². The molecule has 0 radical (unpaired) electrons. The number of carbonyl (C=O) groups is 2. The molecule has 0 saturated carbocycles. The van der Waals surface area contributed by atoms with Gasteiger partial charge in [0.15, 0.2) is 0 Å². The number of nitrogens with two attached hydrogens (primary N) is 1. The first-order chi connectivity index (χ1) is 23.6. The summed E-state index contributed by atoms with van der Waals surface area (Å²) in [6.45, 7) is 0.955. The summed E-state index contributed by atoms with van der Waals surface area (Å²) in [7, 11) is -4.02. The highest BCUT2D eigenvalue weighted by molar-refractivity contribution is 7.88. The third-order valence-corrected chi connectivity index (χ3v) is 9.24. The maximum Gasteiger partial charge on any atom is 0.243 e. The van der Waals surface area contributed by atoms with E-state index in [1.807, 2.05) is 24.3 Å². The van der Waals surface area contributed by atoms with Gasteiger partial charge < -0.3 is 16.4 Å². The second-order valence-corrected chi connectivity index (χ2v) is 13.6. The highest BCUT2D eigenvalue weighted by Crippen LogP contribution is 2.13. The molecule has 6 bridgehead atoms. The van der Waals surface area contributed by atoms with E-state index in [9.17, 15) is 18.0 Å². The lowest BCUT2D eigenvalue weighted by molar-refractivity contribution is -0.129. The van der Waals surface area contributed by atoms with Gasteiger partial charge in [-0.2, -0.15) is 0 Å². The molecule has 2 unspecified atom stereocenters. The smallest absolute Gasteiger partial charge is 0.243 e. The Labute approximate surface area is 282 Å². The lowest BCUT2D eigenvalue weighted by Gasteiger charge is -2.22. The maximum absolute atomic E-state index is 13.9. The Kier molecular flexibility index (Phi) is 9.87. The van der Waals surface area contributed by atoms with Crippen LogP contribution in [0.1, 0.15) is 39.2 Å². The first-order valence-electron chi connectivity index (χ1n) is 15.5. The van der Waals surface area contributed by atoms with Crippen molar-refractivity contribution >= 4 is 27.7 Å². The lowest BCUT2D eigenvalue weighted by atomic mass is 10.1. The molecule has 0 spiro atoms. The number of amidine groups is 1. The number of sulfonamides is 1. The fraction of sp³-hybridized carbons (Fsp3) is 0.242. The third kappa shape index (κ3) is 9.00. The number of fused-ring (bicyclic) bond motifs is 6. The molecule has 2 aromatic heterocycles. The molecule has 0 saturated heterocycles. The fourth-order valence-electron chi connectivity index (χ4n) is 5.47. The van der Waals surface area contributed by atoms with E-state index in [1.54, 1.807) is 76.4 Å². The largest absolute Gasteiger partial charge is 0.384 e. The van der Waals surface area contributed by atoms with Gasteiger partial charge in [-0.1, -0.05) is 89.3 Å². The predicted molar refractivity (Wildman–Crippen MR) is 179 cm³/mol. The van der Waals surface area contributed by atoms with E-state index in [0.717, 1.165) is 16.7 Å². The molecule has 3 aromatic carbocycles. The van der Waals surface area contributed by atoms with Crippen LogP contribution >= 0.6 is 0 Å². The molecule has 252 valence electrons. The molecule has 1 aliphatic rings. The van der Waals surface area contributed by atoms with E-state index in [4.69, 9.17) is 11.1 Å². The molecule has 16 heteroatoms. The first-order valence-corrected chi connectivity index (χ1v) is 17.1. The minimum atomic E-state index is -4.02. The average molecular weight is 682 g/mol. The van der Waals surface area contributed by atoms with Crippen LogP contribution in [-0.4, -0.2) is 68.1 Å². The SMILES string of the molecule is N=C(N)c1ccc(CNC(=O)C2Cc3cn(nn3)Cc3cccc(c3)Cn3cc(nn3)CC(NS(=O)(=O)Cc3ccccc3)C(=O)N2)cc1. The number of hydrogen-bond acceptors (Lipinski definition) is 9. The van der Waals surface area contributed by atoms with E-state index in [-0.39, 0.29) is 31.0 Å². The van der Waals surface area contributed by atoms with Crippen LogP contribution in [0, 0.1) is 5.41 Å². The van der Waals surface area contributed by atoms with Gasteiger partial charge >= 0.3 is 0 Å². The zero-order valence-electron chi connectivity index (χ0n) is 26.4. The Morgan fingerprint density at radius 2 is 1.51 bits per heavy atom. The second-order valence-electron chi connectivity index (χ2n) is 11.8. The number of nitrogen functional groups attached to an aromatic ring is 1. The maximum atomic E-state index is 13.9. The fourth-order valence-corrected chi connectivity index (χ4v) is 6.81. The number of amides is 2. The molecule has 49 heavy (non-hydrogen) atoms. The van der Waals surface area contributed by atoms with Crippen LogP contribution in [0.4, 0.5) is 0 Å². The summed E-state index contributed by atoms with van der Waals surface area (Å²) >= 11 is 0. The number of carbonyl (C=O) groups excluding carboxylic acids is 2. The monoisotopic (exact) mass is 681 g/mol. The zero-order valence-corrected chi connectivity index (χ0v) is 27.2. The number of rotatable bonds is 8. The minimum absolute atomic E-state index is 0.0133. The van der Waals surface area contributed by atoms with E-state index in [0.29, 0.717) is 35.6 Å². The predicted octanol–water partition coefficient (Wildman–Crippen LogP) is 0.638. The average Bonchev–Trinajstić information content (AvgIpc) is 3.71. The van der Waals surface area contributed by atoms with Gasteiger partial charge in [-0.3, -0.25) is 15.0 Å². The lowest BCUT2D eigenvalue weighted by Crippen LogP contribution is -2.55. The number of nitrogens with one attached hydrogen (secondary N) is 4. The van der Waals surface area contributed by atoms with Crippen molar-refractivity contribution in [3.05, 3.63) is 130 Å². The van der Waals surface area contributed by atoms with Crippen LogP contribution in [0.25, 0.3) is 0 Å². The molecular formula is C33H35N11O4S. The van der Waals surface area contributed by atoms with E-state index < -0.39 is 33.9 Å². The highest BCUT2D eigenvalue weighted by Gasteiger charge is 2.31. The number of hydrogen-bond donors (Lipinski definition) is 5. The van der Waals surface area contributed by atoms with Crippen LogP contribution in [0.3, 0.4) is 0 Å². The Morgan fingerprint density at radius 3 is 2.14 bits per heavy atom. The van der Waals surface area contributed by atoms with Gasteiger partial charge in [0.25, 0.3) is 0 Å². The van der Waals surface area contributed by atoms with Gasteiger partial charge in [0.1, 0.15) is 17.9 Å². The number of nitrogens with zero attached hydrogens (tertiary/aromatic N) is 6. The van der Waals surface area contributed by atoms with E-state index >= 15 is 0 Å².